The van der Waals surface area contributed by atoms with Crippen LogP contribution in [0, 0.1) is 6.92 Å². The van der Waals surface area contributed by atoms with E-state index < -0.39 is 0 Å². The van der Waals surface area contributed by atoms with E-state index in [0.29, 0.717) is 5.56 Å². The van der Waals surface area contributed by atoms with E-state index >= 15 is 0 Å². The summed E-state index contributed by atoms with van der Waals surface area (Å²) in [7, 11) is 0. The van der Waals surface area contributed by atoms with Crippen molar-refractivity contribution >= 4 is 5.97 Å². The number of aromatic amines is 1. The predicted octanol–water partition coefficient (Wildman–Crippen LogP) is 1.01. The monoisotopic (exact) mass is 138 g/mol. The summed E-state index contributed by atoms with van der Waals surface area (Å²) in [5, 5.41) is 0. The third kappa shape index (κ3) is 1.37. The number of carbonyl (C=O) groups excluding carboxylic acids is 1. The molecule has 0 unspecified atom stereocenters. The zero-order chi connectivity index (χ0) is 7.40. The van der Waals surface area contributed by atoms with E-state index in [4.69, 9.17) is 0 Å². The van der Waals surface area contributed by atoms with Crippen LogP contribution >= 0.6 is 0 Å². The summed E-state index contributed by atoms with van der Waals surface area (Å²) in [6.45, 7) is 3.55. The van der Waals surface area contributed by atoms with Crippen molar-refractivity contribution in [3.8, 4) is 0 Å². The maximum Gasteiger partial charge on any atom is 0.339 e. The van der Waals surface area contributed by atoms with Gasteiger partial charge in [-0.15, -0.1) is 0 Å². The van der Waals surface area contributed by atoms with E-state index in [1.165, 1.54) is 0 Å². The quantitative estimate of drug-likeness (QED) is 0.619. The largest absolute Gasteiger partial charge is 0.462 e. The normalized spacial score (nSPS) is 9.30. The molecule has 3 heteroatoms. The molecule has 0 aliphatic carbocycles. The number of aromatic nitrogens is 1. The van der Waals surface area contributed by atoms with Crippen LogP contribution < -0.4 is 0 Å². The second-order valence-corrected chi connectivity index (χ2v) is 1.74. The van der Waals surface area contributed by atoms with Crippen LogP contribution in [0.15, 0.2) is 18.5 Å². The Balaban J connectivity index is 2.59. The van der Waals surface area contributed by atoms with Gasteiger partial charge >= 0.3 is 5.97 Å². The first-order valence-corrected chi connectivity index (χ1v) is 2.93. The topological polar surface area (TPSA) is 42.1 Å². The van der Waals surface area contributed by atoms with E-state index in [-0.39, 0.29) is 12.6 Å². The Hall–Kier alpha value is -1.25. The lowest BCUT2D eigenvalue weighted by Crippen LogP contribution is -2.02. The lowest BCUT2D eigenvalue weighted by Gasteiger charge is -1.95. The van der Waals surface area contributed by atoms with Crippen LogP contribution in [0.2, 0.25) is 0 Å². The van der Waals surface area contributed by atoms with Crippen molar-refractivity contribution in [3.63, 3.8) is 0 Å². The Kier molecular flexibility index (Phi) is 2.10. The van der Waals surface area contributed by atoms with Gasteiger partial charge in [-0.2, -0.15) is 0 Å². The molecule has 1 heterocycles. The molecule has 0 aliphatic rings. The molecule has 0 saturated carbocycles. The third-order valence-corrected chi connectivity index (χ3v) is 1.07. The number of ether oxygens (including phenoxy) is 1. The van der Waals surface area contributed by atoms with Gasteiger partial charge < -0.3 is 9.72 Å². The molecule has 3 nitrogen and oxygen atoms in total. The first-order valence-electron chi connectivity index (χ1n) is 2.93. The smallest absolute Gasteiger partial charge is 0.339 e. The zero-order valence-electron chi connectivity index (χ0n) is 5.46. The molecule has 0 aromatic carbocycles. The van der Waals surface area contributed by atoms with Crippen LogP contribution in [-0.2, 0) is 4.74 Å². The predicted molar refractivity (Wildman–Crippen MR) is 36.4 cm³/mol. The lowest BCUT2D eigenvalue weighted by molar-refractivity contribution is 0.0547. The van der Waals surface area contributed by atoms with E-state index in [9.17, 15) is 4.79 Å². The van der Waals surface area contributed by atoms with E-state index in [0.717, 1.165) is 0 Å². The fraction of sp³-hybridized carbons (Fsp3) is 0.143. The fourth-order valence-electron chi connectivity index (χ4n) is 0.627. The SMILES string of the molecule is [CH2]COC(=O)c1cc[nH]c1. The van der Waals surface area contributed by atoms with E-state index in [1.807, 2.05) is 0 Å². The number of hydrogen-bond donors (Lipinski definition) is 1. The fourth-order valence-corrected chi connectivity index (χ4v) is 0.627. The zero-order valence-corrected chi connectivity index (χ0v) is 5.46. The minimum atomic E-state index is -0.337. The number of H-pyrrole nitrogens is 1. The molecule has 0 spiro atoms. The van der Waals surface area contributed by atoms with Crippen LogP contribution in [-0.4, -0.2) is 17.6 Å². The van der Waals surface area contributed by atoms with Gasteiger partial charge in [0.2, 0.25) is 0 Å². The van der Waals surface area contributed by atoms with Crippen molar-refractivity contribution in [2.75, 3.05) is 6.61 Å². The lowest BCUT2D eigenvalue weighted by atomic mass is 10.3. The number of nitrogens with one attached hydrogen (secondary N) is 1. The van der Waals surface area contributed by atoms with Gasteiger partial charge in [-0.3, -0.25) is 0 Å². The van der Waals surface area contributed by atoms with Crippen LogP contribution in [0.4, 0.5) is 0 Å². The van der Waals surface area contributed by atoms with Gasteiger partial charge in [-0.1, -0.05) is 0 Å². The number of hydrogen-bond acceptors (Lipinski definition) is 2. The first kappa shape index (κ1) is 6.86. The molecule has 0 aliphatic heterocycles. The van der Waals surface area contributed by atoms with Gasteiger partial charge in [0, 0.05) is 12.4 Å². The highest BCUT2D eigenvalue weighted by Gasteiger charge is 2.03. The average molecular weight is 138 g/mol. The summed E-state index contributed by atoms with van der Waals surface area (Å²) in [5.74, 6) is -0.337. The molecule has 0 atom stereocenters. The molecule has 10 heavy (non-hydrogen) atoms. The number of rotatable bonds is 2. The van der Waals surface area contributed by atoms with Gasteiger partial charge in [0.15, 0.2) is 0 Å². The Labute approximate surface area is 59.0 Å². The summed E-state index contributed by atoms with van der Waals surface area (Å²) in [6, 6.07) is 1.65. The molecule has 1 rings (SSSR count). The summed E-state index contributed by atoms with van der Waals surface area (Å²) in [5.41, 5.74) is 0.531. The van der Waals surface area contributed by atoms with Gasteiger partial charge in [-0.05, 0) is 13.0 Å². The maximum atomic E-state index is 10.8. The summed E-state index contributed by atoms with van der Waals surface area (Å²) >= 11 is 0. The van der Waals surface area contributed by atoms with Crippen LogP contribution in [0.1, 0.15) is 10.4 Å². The van der Waals surface area contributed by atoms with Crippen molar-refractivity contribution < 1.29 is 9.53 Å². The molecule has 0 bridgehead atoms. The van der Waals surface area contributed by atoms with Gasteiger partial charge in [0.25, 0.3) is 0 Å². The summed E-state index contributed by atoms with van der Waals surface area (Å²) in [6.07, 6.45) is 3.25. The van der Waals surface area contributed by atoms with Gasteiger partial charge in [0.1, 0.15) is 0 Å². The first-order chi connectivity index (χ1) is 4.84. The van der Waals surface area contributed by atoms with Crippen molar-refractivity contribution in [3.05, 3.63) is 30.9 Å². The molecule has 1 radical (unpaired) electrons. The van der Waals surface area contributed by atoms with Gasteiger partial charge in [0.05, 0.1) is 12.2 Å². The number of carbonyl (C=O) groups is 1. The van der Waals surface area contributed by atoms with Crippen LogP contribution in [0.25, 0.3) is 0 Å². The molecule has 1 aromatic rings. The number of esters is 1. The molecule has 53 valence electrons. The maximum absolute atomic E-state index is 10.8. The summed E-state index contributed by atoms with van der Waals surface area (Å²) in [4.78, 5) is 13.6. The standard InChI is InChI=1S/C7H8NO2/c1-2-10-7(9)6-3-4-8-5-6/h3-5,8H,1-2H2. The molecule has 1 N–H and O–H groups in total. The second-order valence-electron chi connectivity index (χ2n) is 1.74. The Morgan fingerprint density at radius 3 is 3.10 bits per heavy atom. The molecule has 0 amide bonds. The highest BCUT2D eigenvalue weighted by atomic mass is 16.5. The van der Waals surface area contributed by atoms with Crippen molar-refractivity contribution in [2.24, 2.45) is 0 Å². The molecule has 0 saturated heterocycles. The second kappa shape index (κ2) is 3.06. The van der Waals surface area contributed by atoms with Crippen molar-refractivity contribution in [1.82, 2.24) is 4.98 Å². The Morgan fingerprint density at radius 2 is 2.60 bits per heavy atom. The van der Waals surface area contributed by atoms with Crippen molar-refractivity contribution in [2.45, 2.75) is 0 Å². The Morgan fingerprint density at radius 1 is 1.80 bits per heavy atom. The third-order valence-electron chi connectivity index (χ3n) is 1.07. The van der Waals surface area contributed by atoms with Crippen LogP contribution in [0.3, 0.4) is 0 Å². The van der Waals surface area contributed by atoms with Crippen molar-refractivity contribution in [1.29, 1.82) is 0 Å². The molecule has 1 aromatic heterocycles. The summed E-state index contributed by atoms with van der Waals surface area (Å²) < 4.78 is 4.62. The van der Waals surface area contributed by atoms with Crippen LogP contribution in [0.5, 0.6) is 0 Å². The van der Waals surface area contributed by atoms with E-state index in [2.05, 4.69) is 16.6 Å². The molecular weight excluding hydrogens is 130 g/mol. The highest BCUT2D eigenvalue weighted by Crippen LogP contribution is 1.98. The van der Waals surface area contributed by atoms with Gasteiger partial charge in [-0.25, -0.2) is 4.79 Å². The highest BCUT2D eigenvalue weighted by molar-refractivity contribution is 5.89. The average Bonchev–Trinajstić information content (AvgIpc) is 2.38. The minimum Gasteiger partial charge on any atom is -0.462 e. The van der Waals surface area contributed by atoms with E-state index in [1.54, 1.807) is 18.5 Å². The molecule has 0 fully saturated rings. The molecular formula is C7H8NO2. The Bertz CT molecular complexity index is 203. The minimum absolute atomic E-state index is 0.171.